The van der Waals surface area contributed by atoms with Gasteiger partial charge in [-0.1, -0.05) is 50.5 Å². The number of quaternary nitrogens is 1. The van der Waals surface area contributed by atoms with Crippen molar-refractivity contribution in [1.29, 1.82) is 0 Å². The minimum absolute atomic E-state index is 0. The lowest BCUT2D eigenvalue weighted by molar-refractivity contribution is -0.870. The Hall–Kier alpha value is -4.24. The Morgan fingerprint density at radius 2 is 1.24 bits per heavy atom. The number of benzene rings is 4. The average Bonchev–Trinajstić information content (AvgIpc) is 3.09. The van der Waals surface area contributed by atoms with Crippen molar-refractivity contribution in [3.8, 4) is 5.75 Å². The molecule has 0 saturated carbocycles. The van der Waals surface area contributed by atoms with E-state index in [-0.39, 0.29) is 36.6 Å². The summed E-state index contributed by atoms with van der Waals surface area (Å²) < 4.78 is 6.63. The Morgan fingerprint density at radius 3 is 1.80 bits per heavy atom. The summed E-state index contributed by atoms with van der Waals surface area (Å²) in [4.78, 5) is 25.7. The van der Waals surface area contributed by atoms with E-state index in [1.165, 1.54) is 56.2 Å². The highest BCUT2D eigenvalue weighted by molar-refractivity contribution is 6.05. The van der Waals surface area contributed by atoms with Gasteiger partial charge in [-0.3, -0.25) is 9.59 Å². The molecular weight excluding hydrogens is 681 g/mol. The topological polar surface area (TPSA) is 92.2 Å². The zero-order valence-corrected chi connectivity index (χ0v) is 32.3. The molecule has 0 unspecified atom stereocenters. The second-order valence-corrected chi connectivity index (χ2v) is 13.6. The van der Waals surface area contributed by atoms with Crippen molar-refractivity contribution >= 4 is 34.6 Å². The maximum absolute atomic E-state index is 13.1. The van der Waals surface area contributed by atoms with Gasteiger partial charge in [-0.05, 0) is 110 Å². The van der Waals surface area contributed by atoms with Crippen LogP contribution in [0.4, 0.5) is 22.7 Å². The van der Waals surface area contributed by atoms with Crippen LogP contribution in [0.3, 0.4) is 0 Å². The van der Waals surface area contributed by atoms with Gasteiger partial charge in [0.25, 0.3) is 11.8 Å². The van der Waals surface area contributed by atoms with Gasteiger partial charge in [0.2, 0.25) is 0 Å². The van der Waals surface area contributed by atoms with Crippen LogP contribution in [-0.2, 0) is 12.8 Å². The third-order valence-electron chi connectivity index (χ3n) is 8.55. The second kappa shape index (κ2) is 21.2. The molecule has 274 valence electrons. The van der Waals surface area contributed by atoms with Crippen LogP contribution in [-0.4, -0.2) is 51.1 Å². The fraction of sp³-hybridized carbons (Fsp3) is 0.366. The molecule has 0 fully saturated rings. The maximum Gasteiger partial charge on any atom is 0.255 e. The smallest absolute Gasteiger partial charge is 0.255 e. The van der Waals surface area contributed by atoms with Gasteiger partial charge >= 0.3 is 0 Å². The van der Waals surface area contributed by atoms with Crippen LogP contribution in [0.5, 0.6) is 5.75 Å². The molecule has 0 aliphatic heterocycles. The van der Waals surface area contributed by atoms with E-state index in [0.29, 0.717) is 39.6 Å². The first-order valence-corrected chi connectivity index (χ1v) is 17.4. The molecule has 4 rings (SSSR count). The van der Waals surface area contributed by atoms with Crippen LogP contribution in [0.1, 0.15) is 82.9 Å². The molecule has 0 spiro atoms. The first-order valence-electron chi connectivity index (χ1n) is 17.4. The van der Waals surface area contributed by atoms with Gasteiger partial charge in [0.15, 0.2) is 0 Å². The molecule has 0 atom stereocenters. The number of hydrogen-bond acceptors (Lipinski definition) is 5. The number of methoxy groups -OCH3 is 1. The van der Waals surface area contributed by atoms with Crippen molar-refractivity contribution in [1.82, 2.24) is 0 Å². The van der Waals surface area contributed by atoms with Crippen molar-refractivity contribution in [2.75, 3.05) is 45.4 Å². The normalized spacial score (nSPS) is 11.0. The molecule has 8 nitrogen and oxygen atoms in total. The van der Waals surface area contributed by atoms with E-state index in [2.05, 4.69) is 48.9 Å². The summed E-state index contributed by atoms with van der Waals surface area (Å²) in [6, 6.07) is 26.2. The van der Waals surface area contributed by atoms with E-state index in [9.17, 15) is 9.59 Å². The van der Waals surface area contributed by atoms with E-state index in [1.807, 2.05) is 61.5 Å². The first-order chi connectivity index (χ1) is 23.5. The van der Waals surface area contributed by atoms with Crippen LogP contribution >= 0.6 is 0 Å². The van der Waals surface area contributed by atoms with Crippen molar-refractivity contribution in [3.63, 3.8) is 0 Å². The third-order valence-corrected chi connectivity index (χ3v) is 8.55. The molecule has 10 heteroatoms. The van der Waals surface area contributed by atoms with Crippen molar-refractivity contribution in [3.05, 3.63) is 113 Å². The third kappa shape index (κ3) is 14.1. The standard InChI is InChI=1S/C41H51N5O3.2ClH/c1-7-31-15-19-33(20-16-31)40(47)42-35-23-25-36(26-24-35)44-45-37-29-39(49-6)38(28-30(37)2)43-41(48)34-21-17-32(18-22-34)14-12-10-8-9-11-13-27-46(3,4)5;;/h15-26,28-29H,7-14,27H2,1-6H3,(H-,42,43,44,45,47,48);2*1H/p-1. The summed E-state index contributed by atoms with van der Waals surface area (Å²) >= 11 is 0. The number of unbranched alkanes of at least 4 members (excludes halogenated alkanes) is 5. The number of nitrogens with one attached hydrogen (secondary N) is 2. The lowest BCUT2D eigenvalue weighted by atomic mass is 10.0. The number of anilines is 2. The highest BCUT2D eigenvalue weighted by atomic mass is 35.5. The molecule has 0 aliphatic rings. The molecule has 0 heterocycles. The number of carbonyl (C=O) groups excluding carboxylic acids is 2. The van der Waals surface area contributed by atoms with Crippen LogP contribution in [0.15, 0.2) is 95.2 Å². The van der Waals surface area contributed by atoms with E-state index in [1.54, 1.807) is 37.4 Å². The molecule has 0 aliphatic carbocycles. The Labute approximate surface area is 316 Å². The SMILES string of the molecule is CCc1ccc(C(=O)Nc2ccc(N=Nc3cc(OC)c(NC(=O)c4ccc(CCCCCCCC[N+](C)(C)C)cc4)cc3C)cc2)cc1.[Cl-].[Cl-]. The molecular formula is C41H52Cl2N5O3-. The second-order valence-electron chi connectivity index (χ2n) is 13.6. The van der Waals surface area contributed by atoms with Crippen LogP contribution < -0.4 is 40.2 Å². The van der Waals surface area contributed by atoms with Gasteiger partial charge in [0.05, 0.1) is 51.9 Å². The predicted molar refractivity (Wildman–Crippen MR) is 201 cm³/mol. The number of ether oxygens (including phenoxy) is 1. The zero-order chi connectivity index (χ0) is 35.2. The fourth-order valence-corrected chi connectivity index (χ4v) is 5.51. The average molecular weight is 734 g/mol. The predicted octanol–water partition coefficient (Wildman–Crippen LogP) is 4.08. The van der Waals surface area contributed by atoms with Crippen molar-refractivity contribution in [2.24, 2.45) is 10.2 Å². The van der Waals surface area contributed by atoms with Gasteiger partial charge in [-0.15, -0.1) is 0 Å². The summed E-state index contributed by atoms with van der Waals surface area (Å²) in [6.07, 6.45) is 9.55. The van der Waals surface area contributed by atoms with Crippen molar-refractivity contribution < 1.29 is 43.6 Å². The van der Waals surface area contributed by atoms with Crippen molar-refractivity contribution in [2.45, 2.75) is 65.2 Å². The molecule has 4 aromatic rings. The molecule has 0 saturated heterocycles. The number of halogens is 2. The number of azo groups is 1. The maximum atomic E-state index is 13.1. The molecule has 0 aromatic heterocycles. The summed E-state index contributed by atoms with van der Waals surface area (Å²) in [5.41, 5.74) is 6.97. The molecule has 2 amide bonds. The summed E-state index contributed by atoms with van der Waals surface area (Å²) in [5.74, 6) is 0.131. The number of aryl methyl sites for hydroxylation is 3. The molecule has 0 radical (unpaired) electrons. The summed E-state index contributed by atoms with van der Waals surface area (Å²) in [6.45, 7) is 5.23. The van der Waals surface area contributed by atoms with Gasteiger partial charge in [0, 0.05) is 22.9 Å². The van der Waals surface area contributed by atoms with E-state index in [0.717, 1.165) is 22.9 Å². The Balaban J connectivity index is 0.00000451. The number of hydrogen-bond donors (Lipinski definition) is 2. The Kier molecular flexibility index (Phi) is 17.8. The molecule has 51 heavy (non-hydrogen) atoms. The minimum Gasteiger partial charge on any atom is -1.00 e. The number of amides is 2. The van der Waals surface area contributed by atoms with Crippen LogP contribution in [0.25, 0.3) is 0 Å². The van der Waals surface area contributed by atoms with E-state index in [4.69, 9.17) is 4.74 Å². The van der Waals surface area contributed by atoms with E-state index >= 15 is 0 Å². The monoisotopic (exact) mass is 732 g/mol. The van der Waals surface area contributed by atoms with Gasteiger partial charge < -0.3 is 44.7 Å². The van der Waals surface area contributed by atoms with Gasteiger partial charge in [0.1, 0.15) is 5.75 Å². The Bertz CT molecular complexity index is 1700. The largest absolute Gasteiger partial charge is 1.00 e. The number of carbonyl (C=O) groups is 2. The fourth-order valence-electron chi connectivity index (χ4n) is 5.51. The van der Waals surface area contributed by atoms with Gasteiger partial charge in [-0.2, -0.15) is 10.2 Å². The summed E-state index contributed by atoms with van der Waals surface area (Å²) in [7, 11) is 8.31. The lowest BCUT2D eigenvalue weighted by Crippen LogP contribution is -3.00. The summed E-state index contributed by atoms with van der Waals surface area (Å²) in [5, 5.41) is 14.7. The minimum atomic E-state index is -0.197. The quantitative estimate of drug-likeness (QED) is 0.0975. The van der Waals surface area contributed by atoms with Crippen LogP contribution in [0, 0.1) is 6.92 Å². The number of nitrogens with zero attached hydrogens (tertiary/aromatic N) is 3. The molecule has 4 aromatic carbocycles. The van der Waals surface area contributed by atoms with Crippen LogP contribution in [0.2, 0.25) is 0 Å². The highest BCUT2D eigenvalue weighted by Gasteiger charge is 2.13. The number of rotatable bonds is 17. The lowest BCUT2D eigenvalue weighted by Gasteiger charge is -2.23. The molecule has 2 N–H and O–H groups in total. The highest BCUT2D eigenvalue weighted by Crippen LogP contribution is 2.34. The zero-order valence-electron chi connectivity index (χ0n) is 30.8. The van der Waals surface area contributed by atoms with Gasteiger partial charge in [-0.25, -0.2) is 0 Å². The Morgan fingerprint density at radius 1 is 0.686 bits per heavy atom. The first kappa shape index (κ1) is 42.9. The van der Waals surface area contributed by atoms with E-state index < -0.39 is 0 Å². The molecule has 0 bridgehead atoms.